The molecule has 0 bridgehead atoms. The van der Waals surface area contributed by atoms with Gasteiger partial charge >= 0.3 is 0 Å². The number of furan rings is 1. The third-order valence-electron chi connectivity index (χ3n) is 5.85. The number of nitrogens with zero attached hydrogens (tertiary/aromatic N) is 4. The van der Waals surface area contributed by atoms with Gasteiger partial charge in [-0.1, -0.05) is 19.3 Å². The highest BCUT2D eigenvalue weighted by molar-refractivity contribution is 6.06. The van der Waals surface area contributed by atoms with Crippen molar-refractivity contribution in [3.63, 3.8) is 0 Å². The average molecular weight is 358 g/mol. The zero-order valence-electron chi connectivity index (χ0n) is 15.5. The smallest absolute Gasteiger partial charge is 0.265 e. The van der Waals surface area contributed by atoms with E-state index in [1.807, 2.05) is 4.90 Å². The highest BCUT2D eigenvalue weighted by Crippen LogP contribution is 2.26. The number of fused-ring (bicyclic) bond motifs is 1. The standard InChI is InChI=1S/C19H26N4O3/c1-13-15(16-17(26-13)20-12-21(2)18(16)24)19(25)23-10-8-22(9-11-23)14-6-4-3-5-7-14/h12,14H,3-11H2,1-2H3. The van der Waals surface area contributed by atoms with E-state index >= 15 is 0 Å². The van der Waals surface area contributed by atoms with E-state index in [0.717, 1.165) is 13.1 Å². The monoisotopic (exact) mass is 358 g/mol. The molecule has 0 radical (unpaired) electrons. The van der Waals surface area contributed by atoms with Gasteiger partial charge in [-0.25, -0.2) is 4.98 Å². The molecule has 2 aromatic heterocycles. The van der Waals surface area contributed by atoms with Gasteiger partial charge in [0.2, 0.25) is 5.71 Å². The molecule has 26 heavy (non-hydrogen) atoms. The summed E-state index contributed by atoms with van der Waals surface area (Å²) in [5, 5.41) is 0.298. The Labute approximate surface area is 152 Å². The van der Waals surface area contributed by atoms with Crippen molar-refractivity contribution < 1.29 is 9.21 Å². The molecule has 140 valence electrons. The Balaban J connectivity index is 1.54. The van der Waals surface area contributed by atoms with Gasteiger partial charge in [0, 0.05) is 39.3 Å². The minimum Gasteiger partial charge on any atom is -0.442 e. The Hall–Kier alpha value is -2.15. The highest BCUT2D eigenvalue weighted by Gasteiger charge is 2.31. The number of carbonyl (C=O) groups excluding carboxylic acids is 1. The van der Waals surface area contributed by atoms with Crippen LogP contribution in [0.15, 0.2) is 15.5 Å². The van der Waals surface area contributed by atoms with Gasteiger partial charge in [0.25, 0.3) is 11.5 Å². The first-order chi connectivity index (χ1) is 12.6. The zero-order valence-corrected chi connectivity index (χ0v) is 15.5. The van der Waals surface area contributed by atoms with Gasteiger partial charge in [0.1, 0.15) is 17.5 Å². The lowest BCUT2D eigenvalue weighted by Gasteiger charge is -2.40. The number of aryl methyl sites for hydroxylation is 2. The summed E-state index contributed by atoms with van der Waals surface area (Å²) in [4.78, 5) is 34.1. The maximum atomic E-state index is 13.1. The lowest BCUT2D eigenvalue weighted by Crippen LogP contribution is -2.52. The number of amides is 1. The Morgan fingerprint density at radius 3 is 2.54 bits per heavy atom. The quantitative estimate of drug-likeness (QED) is 0.820. The van der Waals surface area contributed by atoms with E-state index in [0.29, 0.717) is 35.8 Å². The van der Waals surface area contributed by atoms with Crippen LogP contribution in [0.1, 0.15) is 48.2 Å². The molecule has 0 spiro atoms. The minimum atomic E-state index is -0.240. The van der Waals surface area contributed by atoms with E-state index in [-0.39, 0.29) is 17.2 Å². The summed E-state index contributed by atoms with van der Waals surface area (Å²) in [5.41, 5.74) is 0.380. The Morgan fingerprint density at radius 1 is 1.15 bits per heavy atom. The minimum absolute atomic E-state index is 0.116. The summed E-state index contributed by atoms with van der Waals surface area (Å²) in [6, 6.07) is 0.675. The van der Waals surface area contributed by atoms with Crippen molar-refractivity contribution in [2.24, 2.45) is 7.05 Å². The molecule has 3 heterocycles. The lowest BCUT2D eigenvalue weighted by atomic mass is 9.94. The SMILES string of the molecule is Cc1oc2ncn(C)c(=O)c2c1C(=O)N1CCN(C2CCCCC2)CC1. The van der Waals surface area contributed by atoms with E-state index in [1.54, 1.807) is 14.0 Å². The topological polar surface area (TPSA) is 71.6 Å². The fraction of sp³-hybridized carbons (Fsp3) is 0.632. The zero-order chi connectivity index (χ0) is 18.3. The van der Waals surface area contributed by atoms with Crippen LogP contribution in [0.5, 0.6) is 0 Å². The van der Waals surface area contributed by atoms with E-state index < -0.39 is 0 Å². The van der Waals surface area contributed by atoms with E-state index in [1.165, 1.54) is 43.0 Å². The van der Waals surface area contributed by atoms with Crippen LogP contribution in [0.4, 0.5) is 0 Å². The molecule has 1 saturated carbocycles. The van der Waals surface area contributed by atoms with Gasteiger partial charge in [0.05, 0.1) is 5.56 Å². The number of carbonyl (C=O) groups is 1. The third-order valence-corrected chi connectivity index (χ3v) is 5.85. The van der Waals surface area contributed by atoms with Crippen LogP contribution in [0.3, 0.4) is 0 Å². The van der Waals surface area contributed by atoms with Crippen LogP contribution >= 0.6 is 0 Å². The summed E-state index contributed by atoms with van der Waals surface area (Å²) < 4.78 is 6.96. The predicted molar refractivity (Wildman–Crippen MR) is 98.3 cm³/mol. The molecule has 1 saturated heterocycles. The Kier molecular flexibility index (Phi) is 4.56. The van der Waals surface area contributed by atoms with Crippen molar-refractivity contribution in [2.75, 3.05) is 26.2 Å². The molecule has 1 aliphatic heterocycles. The first-order valence-electron chi connectivity index (χ1n) is 9.54. The molecule has 2 aliphatic rings. The van der Waals surface area contributed by atoms with Crippen LogP contribution in [0.25, 0.3) is 11.1 Å². The average Bonchev–Trinajstić information content (AvgIpc) is 3.02. The van der Waals surface area contributed by atoms with Crippen molar-refractivity contribution in [3.05, 3.63) is 28.0 Å². The summed E-state index contributed by atoms with van der Waals surface area (Å²) in [7, 11) is 1.63. The largest absolute Gasteiger partial charge is 0.442 e. The van der Waals surface area contributed by atoms with E-state index in [2.05, 4.69) is 9.88 Å². The van der Waals surface area contributed by atoms with Crippen LogP contribution in [0, 0.1) is 6.92 Å². The maximum absolute atomic E-state index is 13.1. The molecule has 4 rings (SSSR count). The number of hydrogen-bond acceptors (Lipinski definition) is 5. The fourth-order valence-corrected chi connectivity index (χ4v) is 4.34. The van der Waals surface area contributed by atoms with Crippen LogP contribution in [0.2, 0.25) is 0 Å². The second-order valence-corrected chi connectivity index (χ2v) is 7.49. The van der Waals surface area contributed by atoms with Crippen molar-refractivity contribution in [3.8, 4) is 0 Å². The molecule has 0 atom stereocenters. The normalized spacial score (nSPS) is 20.0. The number of aromatic nitrogens is 2. The van der Waals surface area contributed by atoms with Gasteiger partial charge in [-0.05, 0) is 19.8 Å². The molecular formula is C19H26N4O3. The van der Waals surface area contributed by atoms with Crippen LogP contribution in [-0.2, 0) is 7.05 Å². The number of piperazine rings is 1. The molecule has 0 aromatic carbocycles. The van der Waals surface area contributed by atoms with Gasteiger partial charge in [0.15, 0.2) is 0 Å². The predicted octanol–water partition coefficient (Wildman–Crippen LogP) is 1.93. The Bertz CT molecular complexity index is 871. The second kappa shape index (κ2) is 6.87. The molecule has 0 unspecified atom stereocenters. The molecule has 2 aromatic rings. The third kappa shape index (κ3) is 2.94. The van der Waals surface area contributed by atoms with Gasteiger partial charge in [-0.15, -0.1) is 0 Å². The van der Waals surface area contributed by atoms with Crippen LogP contribution < -0.4 is 5.56 Å². The van der Waals surface area contributed by atoms with Crippen molar-refractivity contribution >= 4 is 17.0 Å². The summed E-state index contributed by atoms with van der Waals surface area (Å²) in [5.74, 6) is 0.352. The number of hydrogen-bond donors (Lipinski definition) is 0. The summed E-state index contributed by atoms with van der Waals surface area (Å²) in [6.45, 7) is 4.93. The molecular weight excluding hydrogens is 332 g/mol. The molecule has 1 aliphatic carbocycles. The molecule has 7 heteroatoms. The highest BCUT2D eigenvalue weighted by atomic mass is 16.3. The molecule has 7 nitrogen and oxygen atoms in total. The van der Waals surface area contributed by atoms with Crippen molar-refractivity contribution in [2.45, 2.75) is 45.1 Å². The fourth-order valence-electron chi connectivity index (χ4n) is 4.34. The summed E-state index contributed by atoms with van der Waals surface area (Å²) >= 11 is 0. The van der Waals surface area contributed by atoms with Gasteiger partial charge in [-0.2, -0.15) is 0 Å². The maximum Gasteiger partial charge on any atom is 0.265 e. The molecule has 0 N–H and O–H groups in total. The van der Waals surface area contributed by atoms with Crippen molar-refractivity contribution in [1.82, 2.24) is 19.4 Å². The number of rotatable bonds is 2. The second-order valence-electron chi connectivity index (χ2n) is 7.49. The molecule has 2 fully saturated rings. The lowest BCUT2D eigenvalue weighted by molar-refractivity contribution is 0.0523. The van der Waals surface area contributed by atoms with Crippen LogP contribution in [-0.4, -0.2) is 57.5 Å². The van der Waals surface area contributed by atoms with E-state index in [9.17, 15) is 9.59 Å². The van der Waals surface area contributed by atoms with Crippen molar-refractivity contribution in [1.29, 1.82) is 0 Å². The molecule has 1 amide bonds. The first-order valence-corrected chi connectivity index (χ1v) is 9.54. The Morgan fingerprint density at radius 2 is 1.85 bits per heavy atom. The summed E-state index contributed by atoms with van der Waals surface area (Å²) in [6.07, 6.45) is 7.97. The van der Waals surface area contributed by atoms with Gasteiger partial charge < -0.3 is 13.9 Å². The van der Waals surface area contributed by atoms with Gasteiger partial charge in [-0.3, -0.25) is 14.5 Å². The first kappa shape index (κ1) is 17.3. The van der Waals surface area contributed by atoms with E-state index in [4.69, 9.17) is 4.42 Å².